The van der Waals surface area contributed by atoms with E-state index in [1.54, 1.807) is 11.3 Å². The highest BCUT2D eigenvalue weighted by molar-refractivity contribution is 9.10. The number of hydrazine groups is 1. The molecule has 1 atom stereocenters. The van der Waals surface area contributed by atoms with Crippen LogP contribution in [0.5, 0.6) is 0 Å². The molecule has 1 heterocycles. The minimum atomic E-state index is -0.220. The third kappa shape index (κ3) is 3.28. The van der Waals surface area contributed by atoms with Crippen molar-refractivity contribution in [2.75, 3.05) is 0 Å². The van der Waals surface area contributed by atoms with E-state index in [9.17, 15) is 4.39 Å². The van der Waals surface area contributed by atoms with Crippen molar-refractivity contribution in [1.82, 2.24) is 5.43 Å². The van der Waals surface area contributed by atoms with Crippen LogP contribution in [-0.4, -0.2) is 6.04 Å². The Morgan fingerprint density at radius 1 is 1.30 bits per heavy atom. The fourth-order valence-electron chi connectivity index (χ4n) is 2.26. The number of hydrogen-bond acceptors (Lipinski definition) is 3. The van der Waals surface area contributed by atoms with Gasteiger partial charge in [0.2, 0.25) is 0 Å². The SMILES string of the molecule is CC(C)(c1ccc(F)cc1)C(Cc1sccc1Br)NN. The maximum atomic E-state index is 13.1. The van der Waals surface area contributed by atoms with Gasteiger partial charge in [-0.1, -0.05) is 26.0 Å². The molecule has 0 aliphatic carbocycles. The van der Waals surface area contributed by atoms with Gasteiger partial charge in [-0.2, -0.15) is 0 Å². The second kappa shape index (κ2) is 6.35. The van der Waals surface area contributed by atoms with Crippen LogP contribution in [0.4, 0.5) is 4.39 Å². The van der Waals surface area contributed by atoms with Gasteiger partial charge in [0.1, 0.15) is 5.82 Å². The molecule has 0 saturated carbocycles. The maximum Gasteiger partial charge on any atom is 0.123 e. The van der Waals surface area contributed by atoms with E-state index in [-0.39, 0.29) is 17.3 Å². The Balaban J connectivity index is 2.25. The lowest BCUT2D eigenvalue weighted by atomic mass is 9.76. The highest BCUT2D eigenvalue weighted by Crippen LogP contribution is 2.32. The molecule has 0 bridgehead atoms. The Morgan fingerprint density at radius 2 is 1.95 bits per heavy atom. The van der Waals surface area contributed by atoms with Gasteiger partial charge in [-0.25, -0.2) is 4.39 Å². The normalized spacial score (nSPS) is 13.4. The van der Waals surface area contributed by atoms with Crippen LogP contribution in [0.1, 0.15) is 24.3 Å². The zero-order chi connectivity index (χ0) is 14.8. The number of hydrogen-bond donors (Lipinski definition) is 2. The van der Waals surface area contributed by atoms with E-state index >= 15 is 0 Å². The lowest BCUT2D eigenvalue weighted by Crippen LogP contribution is -2.49. The average molecular weight is 357 g/mol. The molecule has 1 aromatic heterocycles. The monoisotopic (exact) mass is 356 g/mol. The van der Waals surface area contributed by atoms with Gasteiger partial charge in [0.05, 0.1) is 0 Å². The molecule has 5 heteroatoms. The van der Waals surface area contributed by atoms with Crippen LogP contribution >= 0.6 is 27.3 Å². The van der Waals surface area contributed by atoms with Crippen LogP contribution in [0.15, 0.2) is 40.2 Å². The predicted molar refractivity (Wildman–Crippen MR) is 86.3 cm³/mol. The minimum Gasteiger partial charge on any atom is -0.271 e. The molecule has 0 fully saturated rings. The Bertz CT molecular complexity index is 566. The topological polar surface area (TPSA) is 38.0 Å². The lowest BCUT2D eigenvalue weighted by Gasteiger charge is -2.34. The molecule has 20 heavy (non-hydrogen) atoms. The quantitative estimate of drug-likeness (QED) is 0.627. The van der Waals surface area contributed by atoms with Crippen LogP contribution < -0.4 is 11.3 Å². The molecule has 2 nitrogen and oxygen atoms in total. The van der Waals surface area contributed by atoms with Crippen molar-refractivity contribution in [2.24, 2.45) is 5.84 Å². The third-order valence-corrected chi connectivity index (χ3v) is 5.69. The van der Waals surface area contributed by atoms with Crippen LogP contribution in [0.25, 0.3) is 0 Å². The van der Waals surface area contributed by atoms with Crippen LogP contribution in [0, 0.1) is 5.82 Å². The van der Waals surface area contributed by atoms with Crippen molar-refractivity contribution in [3.8, 4) is 0 Å². The second-order valence-corrected chi connectivity index (χ2v) is 7.20. The molecule has 0 aliphatic heterocycles. The van der Waals surface area contributed by atoms with Gasteiger partial charge in [0, 0.05) is 27.2 Å². The Labute approximate surface area is 131 Å². The van der Waals surface area contributed by atoms with Gasteiger partial charge in [-0.05, 0) is 45.1 Å². The predicted octanol–water partition coefficient (Wildman–Crippen LogP) is 4.00. The molecule has 2 aromatic rings. The first-order chi connectivity index (χ1) is 9.45. The number of benzene rings is 1. The van der Waals surface area contributed by atoms with E-state index in [4.69, 9.17) is 5.84 Å². The first-order valence-corrected chi connectivity index (χ1v) is 8.06. The zero-order valence-corrected chi connectivity index (χ0v) is 13.9. The lowest BCUT2D eigenvalue weighted by molar-refractivity contribution is 0.342. The fraction of sp³-hybridized carbons (Fsp3) is 0.333. The molecular weight excluding hydrogens is 339 g/mol. The fourth-order valence-corrected chi connectivity index (χ4v) is 3.82. The van der Waals surface area contributed by atoms with Crippen molar-refractivity contribution < 1.29 is 4.39 Å². The molecular formula is C15H18BrFN2S. The van der Waals surface area contributed by atoms with Gasteiger partial charge in [0.15, 0.2) is 0 Å². The molecule has 0 aliphatic rings. The summed E-state index contributed by atoms with van der Waals surface area (Å²) in [6.45, 7) is 4.23. The van der Waals surface area contributed by atoms with Crippen molar-refractivity contribution in [3.05, 3.63) is 56.4 Å². The Kier molecular flexibility index (Phi) is 4.96. The van der Waals surface area contributed by atoms with E-state index in [1.807, 2.05) is 18.2 Å². The summed E-state index contributed by atoms with van der Waals surface area (Å²) in [5.41, 5.74) is 3.77. The van der Waals surface area contributed by atoms with Gasteiger partial charge in [-0.15, -0.1) is 11.3 Å². The van der Waals surface area contributed by atoms with Gasteiger partial charge < -0.3 is 0 Å². The first kappa shape index (κ1) is 15.6. The van der Waals surface area contributed by atoms with Crippen LogP contribution in [-0.2, 0) is 11.8 Å². The molecule has 1 unspecified atom stereocenters. The number of rotatable bonds is 5. The molecule has 1 aromatic carbocycles. The number of nitrogens with one attached hydrogen (secondary N) is 1. The average Bonchev–Trinajstić information content (AvgIpc) is 2.81. The van der Waals surface area contributed by atoms with Gasteiger partial charge >= 0.3 is 0 Å². The highest BCUT2D eigenvalue weighted by atomic mass is 79.9. The first-order valence-electron chi connectivity index (χ1n) is 6.39. The van der Waals surface area contributed by atoms with Crippen molar-refractivity contribution in [1.29, 1.82) is 0 Å². The summed E-state index contributed by atoms with van der Waals surface area (Å²) in [7, 11) is 0. The Hall–Kier alpha value is -0.750. The third-order valence-electron chi connectivity index (χ3n) is 3.74. The number of nitrogens with two attached hydrogens (primary N) is 1. The molecule has 0 saturated heterocycles. The van der Waals surface area contributed by atoms with E-state index in [0.717, 1.165) is 16.5 Å². The molecule has 2 rings (SSSR count). The summed E-state index contributed by atoms with van der Waals surface area (Å²) in [5, 5.41) is 2.05. The number of halogens is 2. The summed E-state index contributed by atoms with van der Waals surface area (Å²) >= 11 is 5.25. The summed E-state index contributed by atoms with van der Waals surface area (Å²) in [6.07, 6.45) is 0.819. The van der Waals surface area contributed by atoms with E-state index in [2.05, 4.69) is 40.6 Å². The summed E-state index contributed by atoms with van der Waals surface area (Å²) in [6, 6.07) is 8.73. The van der Waals surface area contributed by atoms with E-state index in [0.29, 0.717) is 0 Å². The smallest absolute Gasteiger partial charge is 0.123 e. The molecule has 3 N–H and O–H groups in total. The van der Waals surface area contributed by atoms with Crippen molar-refractivity contribution in [3.63, 3.8) is 0 Å². The van der Waals surface area contributed by atoms with Crippen LogP contribution in [0.3, 0.4) is 0 Å². The van der Waals surface area contributed by atoms with Crippen molar-refractivity contribution >= 4 is 27.3 Å². The zero-order valence-electron chi connectivity index (χ0n) is 11.5. The van der Waals surface area contributed by atoms with E-state index < -0.39 is 0 Å². The summed E-state index contributed by atoms with van der Waals surface area (Å²) < 4.78 is 14.2. The Morgan fingerprint density at radius 3 is 2.45 bits per heavy atom. The maximum absolute atomic E-state index is 13.1. The second-order valence-electron chi connectivity index (χ2n) is 5.34. The van der Waals surface area contributed by atoms with Gasteiger partial charge in [0.25, 0.3) is 0 Å². The van der Waals surface area contributed by atoms with Crippen molar-refractivity contribution in [2.45, 2.75) is 31.7 Å². The minimum absolute atomic E-state index is 0.0583. The molecule has 0 amide bonds. The number of thiophene rings is 1. The largest absolute Gasteiger partial charge is 0.271 e. The molecule has 0 radical (unpaired) electrons. The summed E-state index contributed by atoms with van der Waals surface area (Å²) in [5.74, 6) is 5.54. The van der Waals surface area contributed by atoms with E-state index in [1.165, 1.54) is 17.0 Å². The molecule has 0 spiro atoms. The van der Waals surface area contributed by atoms with Gasteiger partial charge in [-0.3, -0.25) is 11.3 Å². The standard InChI is InChI=1S/C15H18BrFN2S/c1-15(2,10-3-5-11(17)6-4-10)14(19-18)9-13-12(16)7-8-20-13/h3-8,14,19H,9,18H2,1-2H3. The summed E-state index contributed by atoms with van der Waals surface area (Å²) in [4.78, 5) is 1.25. The highest BCUT2D eigenvalue weighted by Gasteiger charge is 2.31. The molecule has 108 valence electrons. The van der Waals surface area contributed by atoms with Crippen LogP contribution in [0.2, 0.25) is 0 Å².